The standard InChI is InChI=1S/C29H26F9NO3/c1-15(2)16-5-8-24(41-3)23(12-16)22-7-6-19(27(30,31)32)11-18(22)14-39-25(26(40)42-4)17-9-20(28(33,34)35)13-21(10-17)29(36,37)38/h5-13,15,25,39H,14H2,1-4H3. The van der Waals surface area contributed by atoms with Crippen molar-refractivity contribution in [3.05, 3.63) is 88.0 Å². The van der Waals surface area contributed by atoms with Crippen LogP contribution >= 0.6 is 0 Å². The molecule has 0 radical (unpaired) electrons. The van der Waals surface area contributed by atoms with E-state index in [0.717, 1.165) is 24.8 Å². The average Bonchev–Trinajstić information content (AvgIpc) is 2.90. The molecule has 0 aliphatic rings. The number of hydrogen-bond acceptors (Lipinski definition) is 4. The fourth-order valence-corrected chi connectivity index (χ4v) is 4.29. The van der Waals surface area contributed by atoms with Crippen LogP contribution in [-0.4, -0.2) is 20.2 Å². The van der Waals surface area contributed by atoms with Gasteiger partial charge in [-0.3, -0.25) is 5.32 Å². The molecule has 0 aliphatic carbocycles. The maximum Gasteiger partial charge on any atom is 0.416 e. The molecule has 0 aromatic heterocycles. The predicted octanol–water partition coefficient (Wildman–Crippen LogP) is 8.55. The van der Waals surface area contributed by atoms with Gasteiger partial charge in [0.15, 0.2) is 0 Å². The number of alkyl halides is 9. The Morgan fingerprint density at radius 3 is 1.76 bits per heavy atom. The molecule has 1 atom stereocenters. The van der Waals surface area contributed by atoms with Crippen molar-refractivity contribution in [1.82, 2.24) is 5.32 Å². The van der Waals surface area contributed by atoms with Gasteiger partial charge in [0.05, 0.1) is 30.9 Å². The van der Waals surface area contributed by atoms with Crippen LogP contribution in [0.3, 0.4) is 0 Å². The highest BCUT2D eigenvalue weighted by molar-refractivity contribution is 5.78. The molecule has 3 rings (SSSR count). The summed E-state index contributed by atoms with van der Waals surface area (Å²) in [5, 5.41) is 2.51. The Balaban J connectivity index is 2.18. The van der Waals surface area contributed by atoms with Crippen LogP contribution in [0.1, 0.15) is 59.2 Å². The van der Waals surface area contributed by atoms with Crippen molar-refractivity contribution in [2.24, 2.45) is 0 Å². The number of carbonyl (C=O) groups excluding carboxylic acids is 1. The molecule has 0 amide bonds. The van der Waals surface area contributed by atoms with E-state index in [2.05, 4.69) is 10.1 Å². The molecule has 1 N–H and O–H groups in total. The van der Waals surface area contributed by atoms with Crippen molar-refractivity contribution in [3.63, 3.8) is 0 Å². The number of rotatable bonds is 8. The Morgan fingerprint density at radius 2 is 1.29 bits per heavy atom. The maximum absolute atomic E-state index is 13.6. The van der Waals surface area contributed by atoms with E-state index in [1.54, 1.807) is 18.2 Å². The van der Waals surface area contributed by atoms with Crippen LogP contribution in [0, 0.1) is 0 Å². The molecule has 4 nitrogen and oxygen atoms in total. The van der Waals surface area contributed by atoms with E-state index in [-0.39, 0.29) is 23.1 Å². The van der Waals surface area contributed by atoms with E-state index in [1.807, 2.05) is 13.8 Å². The average molecular weight is 608 g/mol. The van der Waals surface area contributed by atoms with Gasteiger partial charge in [0.1, 0.15) is 11.8 Å². The number of carbonyl (C=O) groups is 1. The molecule has 0 fully saturated rings. The Morgan fingerprint density at radius 1 is 0.714 bits per heavy atom. The van der Waals surface area contributed by atoms with Crippen LogP contribution in [0.5, 0.6) is 5.75 Å². The third-order valence-electron chi connectivity index (χ3n) is 6.49. The van der Waals surface area contributed by atoms with E-state index in [1.165, 1.54) is 13.2 Å². The fraction of sp³-hybridized carbons (Fsp3) is 0.345. The minimum Gasteiger partial charge on any atom is -0.496 e. The molecule has 3 aromatic carbocycles. The molecule has 1 unspecified atom stereocenters. The number of nitrogens with one attached hydrogen (secondary N) is 1. The molecule has 0 bridgehead atoms. The molecular formula is C29H26F9NO3. The summed E-state index contributed by atoms with van der Waals surface area (Å²) in [4.78, 5) is 12.6. The lowest BCUT2D eigenvalue weighted by Gasteiger charge is -2.22. The van der Waals surface area contributed by atoms with Gasteiger partial charge in [0.25, 0.3) is 0 Å². The number of hydrogen-bond donors (Lipinski definition) is 1. The quantitative estimate of drug-likeness (QED) is 0.206. The summed E-state index contributed by atoms with van der Waals surface area (Å²) in [6, 6.07) is 6.61. The monoisotopic (exact) mass is 607 g/mol. The Kier molecular flexibility index (Phi) is 9.55. The van der Waals surface area contributed by atoms with Gasteiger partial charge in [-0.2, -0.15) is 39.5 Å². The summed E-state index contributed by atoms with van der Waals surface area (Å²) in [7, 11) is 2.22. The van der Waals surface area contributed by atoms with Gasteiger partial charge in [0, 0.05) is 12.1 Å². The SMILES string of the molecule is COC(=O)C(NCc1cc(C(F)(F)F)ccc1-c1cc(C(C)C)ccc1OC)c1cc(C(F)(F)F)cc(C(F)(F)F)c1. The number of ether oxygens (including phenoxy) is 2. The third kappa shape index (κ3) is 7.55. The van der Waals surface area contributed by atoms with Crippen LogP contribution in [0.15, 0.2) is 54.6 Å². The van der Waals surface area contributed by atoms with E-state index >= 15 is 0 Å². The fourth-order valence-electron chi connectivity index (χ4n) is 4.29. The summed E-state index contributed by atoms with van der Waals surface area (Å²) in [5.41, 5.74) is -3.74. The molecule has 13 heteroatoms. The van der Waals surface area contributed by atoms with E-state index in [4.69, 9.17) is 4.74 Å². The lowest BCUT2D eigenvalue weighted by Crippen LogP contribution is -2.30. The van der Waals surface area contributed by atoms with Crippen LogP contribution in [0.2, 0.25) is 0 Å². The summed E-state index contributed by atoms with van der Waals surface area (Å²) < 4.78 is 132. The number of esters is 1. The van der Waals surface area contributed by atoms with Crippen molar-refractivity contribution >= 4 is 5.97 Å². The highest BCUT2D eigenvalue weighted by atomic mass is 19.4. The second-order valence-electron chi connectivity index (χ2n) is 9.66. The van der Waals surface area contributed by atoms with Gasteiger partial charge in [-0.25, -0.2) is 4.79 Å². The Bertz CT molecular complexity index is 1400. The first kappa shape index (κ1) is 32.8. The second-order valence-corrected chi connectivity index (χ2v) is 9.66. The highest BCUT2D eigenvalue weighted by Crippen LogP contribution is 2.40. The van der Waals surface area contributed by atoms with Crippen LogP contribution in [-0.2, 0) is 34.6 Å². The molecular weight excluding hydrogens is 581 g/mol. The summed E-state index contributed by atoms with van der Waals surface area (Å²) >= 11 is 0. The highest BCUT2D eigenvalue weighted by Gasteiger charge is 2.38. The zero-order valence-electron chi connectivity index (χ0n) is 22.7. The van der Waals surface area contributed by atoms with Crippen LogP contribution < -0.4 is 10.1 Å². The smallest absolute Gasteiger partial charge is 0.416 e. The van der Waals surface area contributed by atoms with E-state index < -0.39 is 59.3 Å². The van der Waals surface area contributed by atoms with Crippen LogP contribution in [0.25, 0.3) is 11.1 Å². The number of benzene rings is 3. The van der Waals surface area contributed by atoms with Crippen molar-refractivity contribution in [1.29, 1.82) is 0 Å². The van der Waals surface area contributed by atoms with Gasteiger partial charge < -0.3 is 9.47 Å². The van der Waals surface area contributed by atoms with Gasteiger partial charge in [0.2, 0.25) is 0 Å². The first-order valence-electron chi connectivity index (χ1n) is 12.4. The van der Waals surface area contributed by atoms with Gasteiger partial charge in [-0.15, -0.1) is 0 Å². The van der Waals surface area contributed by atoms with Crippen molar-refractivity contribution in [2.75, 3.05) is 14.2 Å². The first-order chi connectivity index (χ1) is 19.4. The normalized spacial score (nSPS) is 13.3. The predicted molar refractivity (Wildman–Crippen MR) is 136 cm³/mol. The topological polar surface area (TPSA) is 47.6 Å². The van der Waals surface area contributed by atoms with Crippen molar-refractivity contribution < 1.29 is 53.8 Å². The molecule has 0 aliphatic heterocycles. The van der Waals surface area contributed by atoms with Gasteiger partial charge in [-0.05, 0) is 70.6 Å². The lowest BCUT2D eigenvalue weighted by molar-refractivity contribution is -0.146. The molecule has 42 heavy (non-hydrogen) atoms. The zero-order valence-corrected chi connectivity index (χ0v) is 22.7. The molecule has 228 valence electrons. The largest absolute Gasteiger partial charge is 0.496 e. The zero-order chi connectivity index (χ0) is 31.6. The molecule has 0 heterocycles. The Labute approximate surface area is 235 Å². The van der Waals surface area contributed by atoms with Crippen LogP contribution in [0.4, 0.5) is 39.5 Å². The lowest BCUT2D eigenvalue weighted by atomic mass is 9.92. The van der Waals surface area contributed by atoms with Crippen molar-refractivity contribution in [2.45, 2.75) is 50.9 Å². The molecule has 0 saturated heterocycles. The molecule has 0 saturated carbocycles. The van der Waals surface area contributed by atoms with Crippen molar-refractivity contribution in [3.8, 4) is 16.9 Å². The Hall–Kier alpha value is -3.74. The number of halogens is 9. The van der Waals surface area contributed by atoms with Gasteiger partial charge >= 0.3 is 24.5 Å². The minimum atomic E-state index is -5.19. The summed E-state index contributed by atoms with van der Waals surface area (Å²) in [6.07, 6.45) is -15.2. The first-order valence-corrected chi connectivity index (χ1v) is 12.4. The summed E-state index contributed by atoms with van der Waals surface area (Å²) in [6.45, 7) is 3.21. The molecule has 3 aromatic rings. The van der Waals surface area contributed by atoms with E-state index in [0.29, 0.717) is 23.4 Å². The van der Waals surface area contributed by atoms with Gasteiger partial charge in [-0.1, -0.05) is 26.0 Å². The van der Waals surface area contributed by atoms with E-state index in [9.17, 15) is 44.3 Å². The second kappa shape index (κ2) is 12.2. The minimum absolute atomic E-state index is 0.0260. The summed E-state index contributed by atoms with van der Waals surface area (Å²) in [5.74, 6) is -0.925. The molecule has 0 spiro atoms. The maximum atomic E-state index is 13.6. The number of methoxy groups -OCH3 is 2. The third-order valence-corrected chi connectivity index (χ3v) is 6.49.